The van der Waals surface area contributed by atoms with Crippen molar-refractivity contribution >= 4 is 70.7 Å². The molecule has 5 fully saturated rings. The Labute approximate surface area is 341 Å². The summed E-state index contributed by atoms with van der Waals surface area (Å²) in [6.45, 7) is 1.68. The number of rotatable bonds is 8. The smallest absolute Gasteiger partial charge is 0.319 e. The van der Waals surface area contributed by atoms with Crippen molar-refractivity contribution in [3.8, 4) is 29.0 Å². The number of carbonyl (C=O) groups is 1. The molecule has 4 saturated heterocycles. The first-order chi connectivity index (χ1) is 27.8. The number of nitrogens with zero attached hydrogens (tertiary/aromatic N) is 6. The fraction of sp³-hybridized carbons (Fsp3) is 0.538. The molecule has 10 rings (SSSR count). The van der Waals surface area contributed by atoms with Crippen molar-refractivity contribution < 1.29 is 35.9 Å². The minimum absolute atomic E-state index is 0.00396. The van der Waals surface area contributed by atoms with Gasteiger partial charge >= 0.3 is 6.01 Å². The van der Waals surface area contributed by atoms with Crippen LogP contribution in [0.5, 0.6) is 11.8 Å². The number of nitriles is 1. The van der Waals surface area contributed by atoms with E-state index in [2.05, 4.69) is 15.2 Å². The Morgan fingerprint density at radius 1 is 1.21 bits per heavy atom. The number of benzene rings is 2. The molecule has 7 heterocycles. The zero-order chi connectivity index (χ0) is 40.4. The first-order valence-corrected chi connectivity index (χ1v) is 22.7. The van der Waals surface area contributed by atoms with E-state index in [0.29, 0.717) is 44.6 Å². The number of anilines is 2. The van der Waals surface area contributed by atoms with Gasteiger partial charge in [0.2, 0.25) is 15.9 Å². The van der Waals surface area contributed by atoms with E-state index >= 15 is 8.78 Å². The quantitative estimate of drug-likeness (QED) is 0.215. The number of nitrogens with one attached hydrogen (secondary N) is 1. The van der Waals surface area contributed by atoms with Crippen LogP contribution >= 0.6 is 22.9 Å². The normalized spacial score (nSPS) is 29.3. The molecule has 1 amide bonds. The largest absolute Gasteiger partial charge is 0.491 e. The molecular formula is C39H40ClF3N8O5S2. The number of aromatic nitrogens is 2. The highest BCUT2D eigenvalue weighted by molar-refractivity contribution is 7.88. The van der Waals surface area contributed by atoms with Gasteiger partial charge in [0.05, 0.1) is 45.1 Å². The van der Waals surface area contributed by atoms with Gasteiger partial charge < -0.3 is 25.4 Å². The summed E-state index contributed by atoms with van der Waals surface area (Å²) in [5, 5.41) is 13.4. The molecule has 13 nitrogen and oxygen atoms in total. The lowest BCUT2D eigenvalue weighted by Crippen LogP contribution is -2.52. The molecule has 2 aromatic heterocycles. The fourth-order valence-electron chi connectivity index (χ4n) is 10.2. The number of ether oxygens (including phenoxy) is 2. The van der Waals surface area contributed by atoms with Gasteiger partial charge in [-0.15, -0.1) is 11.3 Å². The first kappa shape index (κ1) is 38.1. The van der Waals surface area contributed by atoms with Crippen molar-refractivity contribution in [1.82, 2.24) is 24.5 Å². The zero-order valence-electron chi connectivity index (χ0n) is 31.4. The molecule has 1 saturated carbocycles. The molecule has 4 aromatic rings. The number of amides is 1. The molecule has 0 bridgehead atoms. The van der Waals surface area contributed by atoms with Gasteiger partial charge in [-0.2, -0.15) is 19.5 Å². The summed E-state index contributed by atoms with van der Waals surface area (Å²) in [4.78, 5) is 27.2. The second-order valence-corrected chi connectivity index (χ2v) is 19.9. The number of alkyl halides is 1. The van der Waals surface area contributed by atoms with Crippen molar-refractivity contribution in [2.24, 2.45) is 5.92 Å². The predicted molar refractivity (Wildman–Crippen MR) is 212 cm³/mol. The van der Waals surface area contributed by atoms with Crippen LogP contribution < -0.4 is 25.4 Å². The van der Waals surface area contributed by atoms with Crippen LogP contribution in [-0.2, 0) is 14.8 Å². The molecule has 6 aliphatic rings. The molecule has 3 N–H and O–H groups in total. The third kappa shape index (κ3) is 6.05. The van der Waals surface area contributed by atoms with Crippen LogP contribution in [0.1, 0.15) is 56.9 Å². The predicted octanol–water partition coefficient (Wildman–Crippen LogP) is 5.51. The average molecular weight is 857 g/mol. The van der Waals surface area contributed by atoms with Crippen molar-refractivity contribution in [1.29, 1.82) is 5.26 Å². The minimum atomic E-state index is -3.54. The number of fused-ring (bicyclic) bond motifs is 4. The van der Waals surface area contributed by atoms with Gasteiger partial charge in [0, 0.05) is 49.0 Å². The highest BCUT2D eigenvalue weighted by atomic mass is 35.5. The maximum Gasteiger partial charge on any atom is 0.319 e. The minimum Gasteiger partial charge on any atom is -0.491 e. The first-order valence-electron chi connectivity index (χ1n) is 19.6. The molecule has 7 atom stereocenters. The van der Waals surface area contributed by atoms with Gasteiger partial charge in [0.15, 0.2) is 11.6 Å². The number of halogens is 4. The third-order valence-corrected chi connectivity index (χ3v) is 15.6. The van der Waals surface area contributed by atoms with Gasteiger partial charge in [0.1, 0.15) is 47.0 Å². The van der Waals surface area contributed by atoms with E-state index in [1.165, 1.54) is 16.4 Å². The number of sulfonamides is 1. The molecular weight excluding hydrogens is 817 g/mol. The number of nitrogens with two attached hydrogens (primary N) is 1. The second-order valence-electron chi connectivity index (χ2n) is 16.6. The number of piperidine rings is 1. The summed E-state index contributed by atoms with van der Waals surface area (Å²) in [5.41, 5.74) is 5.41. The number of hydrogen-bond donors (Lipinski definition) is 2. The molecule has 1 aliphatic carbocycles. The lowest BCUT2D eigenvalue weighted by atomic mass is 9.92. The monoisotopic (exact) mass is 856 g/mol. The Bertz CT molecular complexity index is 2570. The Kier molecular flexibility index (Phi) is 8.99. The number of thiophene rings is 1. The van der Waals surface area contributed by atoms with E-state index in [1.54, 1.807) is 0 Å². The second kappa shape index (κ2) is 13.7. The standard InChI is InChI=1S/C39H40ClF3N8O5S2/c1-58(53,54)51-31(18-3-4-18)32(51)37(52)46-20-7-11-50-21(13-20)8-12-55-33-27-30(47-38(48-36(27)50)56-17-39-9-2-10-49(39)16-19(41)14-39)29(43)26(28(33)40)22-5-6-24(42)34-25(22)23(15-44)35(45)57-34/h5-6,18-21,31-32H,2-4,7-14,16-17,45H2,1H3,(H,46,52)/t19-,20?,21?,31+,32-,39+,51?/m1/s1. The fourth-order valence-corrected chi connectivity index (χ4v) is 12.8. The maximum atomic E-state index is 17.5. The Balaban J connectivity index is 1.05. The highest BCUT2D eigenvalue weighted by Crippen LogP contribution is 2.52. The van der Waals surface area contributed by atoms with E-state index in [-0.39, 0.29) is 103 Å². The summed E-state index contributed by atoms with van der Waals surface area (Å²) < 4.78 is 86.4. The van der Waals surface area contributed by atoms with Crippen molar-refractivity contribution in [2.45, 2.75) is 87.2 Å². The van der Waals surface area contributed by atoms with Crippen LogP contribution in [0.15, 0.2) is 12.1 Å². The van der Waals surface area contributed by atoms with E-state index < -0.39 is 39.4 Å². The van der Waals surface area contributed by atoms with Crippen LogP contribution in [0.2, 0.25) is 5.02 Å². The van der Waals surface area contributed by atoms with E-state index in [4.69, 9.17) is 31.8 Å². The summed E-state index contributed by atoms with van der Waals surface area (Å²) >= 11 is 8.01. The molecule has 0 radical (unpaired) electrons. The zero-order valence-corrected chi connectivity index (χ0v) is 33.8. The van der Waals surface area contributed by atoms with Crippen LogP contribution in [-0.4, -0.2) is 108 Å². The Hall–Kier alpha value is -4.15. The van der Waals surface area contributed by atoms with Crippen molar-refractivity contribution in [3.05, 3.63) is 34.4 Å². The number of hydrogen-bond acceptors (Lipinski definition) is 12. The number of carbonyl (C=O) groups excluding carboxylic acids is 1. The summed E-state index contributed by atoms with van der Waals surface area (Å²) in [6.07, 6.45) is 5.28. The maximum absolute atomic E-state index is 17.5. The summed E-state index contributed by atoms with van der Waals surface area (Å²) in [5.74, 6) is -1.17. The summed E-state index contributed by atoms with van der Waals surface area (Å²) in [6, 6.07) is 2.89. The lowest BCUT2D eigenvalue weighted by molar-refractivity contribution is -0.122. The molecule has 58 heavy (non-hydrogen) atoms. The van der Waals surface area contributed by atoms with Gasteiger partial charge in [-0.05, 0) is 62.6 Å². The number of nitrogen functional groups attached to an aromatic ring is 1. The summed E-state index contributed by atoms with van der Waals surface area (Å²) in [7, 11) is -3.54. The van der Waals surface area contributed by atoms with E-state index in [1.807, 2.05) is 11.0 Å². The Morgan fingerprint density at radius 2 is 2.02 bits per heavy atom. The van der Waals surface area contributed by atoms with Gasteiger partial charge in [-0.3, -0.25) is 9.69 Å². The van der Waals surface area contributed by atoms with Crippen LogP contribution in [0, 0.1) is 28.9 Å². The van der Waals surface area contributed by atoms with Crippen LogP contribution in [0.25, 0.3) is 32.1 Å². The molecule has 3 unspecified atom stereocenters. The molecule has 306 valence electrons. The molecule has 0 spiro atoms. The van der Waals surface area contributed by atoms with Gasteiger partial charge in [0.25, 0.3) is 0 Å². The van der Waals surface area contributed by atoms with E-state index in [9.17, 15) is 22.9 Å². The topological polar surface area (TPSA) is 167 Å². The van der Waals surface area contributed by atoms with Crippen LogP contribution in [0.4, 0.5) is 24.0 Å². The average Bonchev–Trinajstić information content (AvgIpc) is 4.05. The van der Waals surface area contributed by atoms with Crippen molar-refractivity contribution in [2.75, 3.05) is 49.7 Å². The Morgan fingerprint density at radius 3 is 2.78 bits per heavy atom. The molecule has 19 heteroatoms. The lowest BCUT2D eigenvalue weighted by Gasteiger charge is -2.42. The molecule has 2 aromatic carbocycles. The third-order valence-electron chi connectivity index (χ3n) is 13.0. The highest BCUT2D eigenvalue weighted by Gasteiger charge is 2.63. The SMILES string of the molecule is CS(=O)(=O)N1[C@@H](C(=O)NC2CCN3c4nc(OC[C@@]56CCCN5C[C@H](F)C6)nc5c(F)c(-c6ccc(F)c7sc(N)c(C#N)c67)c(Cl)c(c45)OCCC3C2)[C@@H]1C1CC1. The molecule has 5 aliphatic heterocycles. The van der Waals surface area contributed by atoms with Crippen molar-refractivity contribution in [3.63, 3.8) is 0 Å². The van der Waals surface area contributed by atoms with Gasteiger partial charge in [-0.1, -0.05) is 17.7 Å². The van der Waals surface area contributed by atoms with Gasteiger partial charge in [-0.25, -0.2) is 21.6 Å². The van der Waals surface area contributed by atoms with Crippen LogP contribution in [0.3, 0.4) is 0 Å². The van der Waals surface area contributed by atoms with E-state index in [0.717, 1.165) is 49.8 Å².